The number of phenols is 3. The molecule has 3 aliphatic carbocycles. The predicted octanol–water partition coefficient (Wildman–Crippen LogP) is 2.83. The Labute approximate surface area is 260 Å². The van der Waals surface area contributed by atoms with Crippen LogP contribution in [0.4, 0.5) is 0 Å². The van der Waals surface area contributed by atoms with Gasteiger partial charge in [-0.1, -0.05) is 6.07 Å². The number of carbonyl (C=O) groups excluding carboxylic acids is 5. The summed E-state index contributed by atoms with van der Waals surface area (Å²) in [7, 11) is 1.12. The number of ether oxygens (including phenoxy) is 1. The lowest BCUT2D eigenvalue weighted by Crippen LogP contribution is -2.36. The summed E-state index contributed by atoms with van der Waals surface area (Å²) in [5.41, 5.74) is -3.19. The van der Waals surface area contributed by atoms with Crippen LogP contribution in [0.2, 0.25) is 5.22 Å². The molecule has 0 saturated carbocycles. The molecule has 2 heterocycles. The van der Waals surface area contributed by atoms with Crippen molar-refractivity contribution >= 4 is 57.6 Å². The SMILES string of the molecule is COC1=CC(=O)c2c(O)c3c(c(O)c2C1=O)C(=O)[C@]1(CCc2cc4cc(/C=N/NC(=O)c5ccc(Cl)o5)[nH]c(=O)c4c(O)c21)C3=O. The molecule has 15 heteroatoms. The van der Waals surface area contributed by atoms with Crippen molar-refractivity contribution in [2.45, 2.75) is 18.3 Å². The number of H-pyrrole nitrogens is 1. The number of aromatic hydroxyl groups is 3. The quantitative estimate of drug-likeness (QED) is 0.0940. The highest BCUT2D eigenvalue weighted by Crippen LogP contribution is 2.57. The Balaban J connectivity index is 1.32. The van der Waals surface area contributed by atoms with E-state index in [0.29, 0.717) is 5.56 Å². The van der Waals surface area contributed by atoms with Crippen molar-refractivity contribution in [1.82, 2.24) is 10.4 Å². The number of fused-ring (bicyclic) bond motifs is 5. The molecule has 0 unspecified atom stereocenters. The van der Waals surface area contributed by atoms with Crippen molar-refractivity contribution in [1.29, 1.82) is 0 Å². The zero-order valence-electron chi connectivity index (χ0n) is 23.3. The van der Waals surface area contributed by atoms with Crippen LogP contribution in [0.5, 0.6) is 17.2 Å². The average molecular weight is 644 g/mol. The number of allylic oxidation sites excluding steroid dienone is 2. The summed E-state index contributed by atoms with van der Waals surface area (Å²) in [5.74, 6) is -7.79. The van der Waals surface area contributed by atoms with E-state index in [0.717, 1.165) is 19.4 Å². The second-order valence-electron chi connectivity index (χ2n) is 10.7. The van der Waals surface area contributed by atoms with Crippen molar-refractivity contribution in [2.24, 2.45) is 5.10 Å². The number of benzene rings is 2. The molecule has 0 fully saturated rings. The van der Waals surface area contributed by atoms with Gasteiger partial charge in [0.15, 0.2) is 34.1 Å². The fraction of sp³-hybridized carbons (Fsp3) is 0.129. The third-order valence-electron chi connectivity index (χ3n) is 8.43. The van der Waals surface area contributed by atoms with Gasteiger partial charge in [0.05, 0.1) is 46.7 Å². The summed E-state index contributed by atoms with van der Waals surface area (Å²) in [6.45, 7) is 0. The van der Waals surface area contributed by atoms with Crippen LogP contribution >= 0.6 is 11.6 Å². The van der Waals surface area contributed by atoms with Gasteiger partial charge < -0.3 is 29.5 Å². The molecule has 1 spiro atoms. The van der Waals surface area contributed by atoms with Gasteiger partial charge in [0, 0.05) is 11.6 Å². The van der Waals surface area contributed by atoms with Gasteiger partial charge in [-0.3, -0.25) is 28.8 Å². The number of nitrogens with zero attached hydrogens (tertiary/aromatic N) is 1. The van der Waals surface area contributed by atoms with E-state index in [9.17, 15) is 44.1 Å². The molecule has 3 aliphatic rings. The van der Waals surface area contributed by atoms with Gasteiger partial charge in [0.1, 0.15) is 22.7 Å². The topological polar surface area (TPSA) is 226 Å². The number of carbonyl (C=O) groups is 5. The standard InChI is InChI=1S/C31H18ClN3O11/c1-45-15-8-13(36)18-19(23(15)37)25(39)21-20(24(18)38)27(41)31(28(21)42)5-4-10-6-11-7-12(34-30(44)17(11)26(40)22(10)31)9-33-35-29(43)14-2-3-16(32)46-14/h2-3,6-9,38-40H,4-5H2,1H3,(H,34,44)(H,35,43)/b33-9+/t31-/m0/s1. The largest absolute Gasteiger partial charge is 0.507 e. The first-order valence-electron chi connectivity index (χ1n) is 13.5. The highest BCUT2D eigenvalue weighted by atomic mass is 35.5. The van der Waals surface area contributed by atoms with Crippen LogP contribution < -0.4 is 11.0 Å². The van der Waals surface area contributed by atoms with Crippen molar-refractivity contribution in [3.8, 4) is 17.2 Å². The lowest BCUT2D eigenvalue weighted by Gasteiger charge is -2.22. The van der Waals surface area contributed by atoms with E-state index in [-0.39, 0.29) is 45.9 Å². The number of furan rings is 1. The number of aryl methyl sites for hydroxylation is 1. The number of aromatic nitrogens is 1. The monoisotopic (exact) mass is 643 g/mol. The Bertz CT molecular complexity index is 2290. The summed E-state index contributed by atoms with van der Waals surface area (Å²) in [4.78, 5) is 81.8. The number of methoxy groups -OCH3 is 1. The van der Waals surface area contributed by atoms with E-state index < -0.39 is 85.3 Å². The number of ketones is 4. The number of nitrogens with one attached hydrogen (secondary N) is 2. The van der Waals surface area contributed by atoms with Crippen LogP contribution in [0.3, 0.4) is 0 Å². The molecule has 0 radical (unpaired) electrons. The molecule has 0 bridgehead atoms. The molecule has 0 saturated heterocycles. The van der Waals surface area contributed by atoms with Crippen LogP contribution in [0.15, 0.2) is 50.4 Å². The summed E-state index contributed by atoms with van der Waals surface area (Å²) in [6.07, 6.45) is 1.79. The number of halogens is 1. The zero-order chi connectivity index (χ0) is 32.8. The Hall–Kier alpha value is -6.02. The first-order valence-corrected chi connectivity index (χ1v) is 13.9. The maximum absolute atomic E-state index is 14.1. The highest BCUT2D eigenvalue weighted by molar-refractivity contribution is 6.39. The number of hydrogen-bond acceptors (Lipinski definition) is 12. The van der Waals surface area contributed by atoms with Gasteiger partial charge in [-0.25, -0.2) is 5.43 Å². The number of pyridine rings is 1. The van der Waals surface area contributed by atoms with Crippen molar-refractivity contribution < 1.29 is 48.4 Å². The number of Topliss-reactive ketones (excluding diaryl/α,β-unsaturated/α-hetero) is 3. The van der Waals surface area contributed by atoms with Crippen LogP contribution in [-0.4, -0.2) is 62.7 Å². The van der Waals surface area contributed by atoms with Gasteiger partial charge >= 0.3 is 5.91 Å². The Morgan fingerprint density at radius 2 is 1.72 bits per heavy atom. The minimum Gasteiger partial charge on any atom is -0.507 e. The summed E-state index contributed by atoms with van der Waals surface area (Å²) >= 11 is 5.67. The van der Waals surface area contributed by atoms with Gasteiger partial charge in [-0.15, -0.1) is 0 Å². The molecule has 7 rings (SSSR count). The van der Waals surface area contributed by atoms with E-state index in [1.54, 1.807) is 0 Å². The van der Waals surface area contributed by atoms with E-state index in [1.807, 2.05) is 0 Å². The molecule has 14 nitrogen and oxygen atoms in total. The van der Waals surface area contributed by atoms with Crippen LogP contribution in [0.1, 0.15) is 75.2 Å². The Kier molecular flexibility index (Phi) is 6.08. The predicted molar refractivity (Wildman–Crippen MR) is 157 cm³/mol. The Morgan fingerprint density at radius 3 is 2.37 bits per heavy atom. The number of phenolic OH excluding ortho intramolecular Hbond substituents is 3. The fourth-order valence-electron chi connectivity index (χ4n) is 6.48. The summed E-state index contributed by atoms with van der Waals surface area (Å²) in [5, 5.41) is 37.4. The normalized spacial score (nSPS) is 18.3. The van der Waals surface area contributed by atoms with E-state index in [4.69, 9.17) is 20.8 Å². The smallest absolute Gasteiger partial charge is 0.307 e. The van der Waals surface area contributed by atoms with Gasteiger partial charge in [0.25, 0.3) is 5.56 Å². The molecule has 1 amide bonds. The van der Waals surface area contributed by atoms with Crippen molar-refractivity contribution in [3.63, 3.8) is 0 Å². The number of rotatable bonds is 4. The molecular formula is C31H18ClN3O11. The van der Waals surface area contributed by atoms with Gasteiger partial charge in [-0.05, 0) is 53.6 Å². The number of aromatic amines is 1. The molecule has 46 heavy (non-hydrogen) atoms. The van der Waals surface area contributed by atoms with Crippen molar-refractivity contribution in [3.05, 3.63) is 96.5 Å². The Morgan fingerprint density at radius 1 is 1.02 bits per heavy atom. The molecule has 1 atom stereocenters. The minimum absolute atomic E-state index is 0.00267. The van der Waals surface area contributed by atoms with Crippen LogP contribution in [-0.2, 0) is 16.6 Å². The molecule has 2 aromatic heterocycles. The molecule has 230 valence electrons. The third kappa shape index (κ3) is 3.67. The molecule has 5 N–H and O–H groups in total. The second-order valence-corrected chi connectivity index (χ2v) is 11.1. The zero-order valence-corrected chi connectivity index (χ0v) is 24.1. The van der Waals surface area contributed by atoms with Crippen LogP contribution in [0.25, 0.3) is 10.8 Å². The van der Waals surface area contributed by atoms with Crippen LogP contribution in [0, 0.1) is 0 Å². The second kappa shape index (κ2) is 9.74. The number of hydrazone groups is 1. The van der Waals surface area contributed by atoms with Gasteiger partial charge in [0.2, 0.25) is 5.78 Å². The molecule has 0 aliphatic heterocycles. The first kappa shape index (κ1) is 28.7. The van der Waals surface area contributed by atoms with Gasteiger partial charge in [-0.2, -0.15) is 5.10 Å². The summed E-state index contributed by atoms with van der Waals surface area (Å²) in [6, 6.07) is 5.66. The number of amides is 1. The van der Waals surface area contributed by atoms with E-state index in [2.05, 4.69) is 15.5 Å². The first-order chi connectivity index (χ1) is 21.9. The van der Waals surface area contributed by atoms with Crippen molar-refractivity contribution in [2.75, 3.05) is 7.11 Å². The lowest BCUT2D eigenvalue weighted by atomic mass is 9.76. The fourth-order valence-corrected chi connectivity index (χ4v) is 6.63. The third-order valence-corrected chi connectivity index (χ3v) is 8.63. The highest BCUT2D eigenvalue weighted by Gasteiger charge is 2.61. The maximum Gasteiger partial charge on any atom is 0.307 e. The minimum atomic E-state index is -2.16. The number of hydrogen-bond donors (Lipinski definition) is 5. The van der Waals surface area contributed by atoms with E-state index in [1.165, 1.54) is 24.3 Å². The molecular weight excluding hydrogens is 626 g/mol. The lowest BCUT2D eigenvalue weighted by molar-refractivity contribution is 0.0790. The molecule has 4 aromatic rings. The molecule has 2 aromatic carbocycles. The van der Waals surface area contributed by atoms with E-state index >= 15 is 0 Å². The summed E-state index contributed by atoms with van der Waals surface area (Å²) < 4.78 is 9.90. The maximum atomic E-state index is 14.1. The average Bonchev–Trinajstić information content (AvgIpc) is 3.68.